The van der Waals surface area contributed by atoms with Crippen molar-refractivity contribution in [3.8, 4) is 0 Å². The minimum atomic E-state index is 0. The van der Waals surface area contributed by atoms with Crippen LogP contribution in [0.5, 0.6) is 0 Å². The summed E-state index contributed by atoms with van der Waals surface area (Å²) in [6, 6.07) is 0. The third kappa shape index (κ3) is 9.33. The molecule has 0 fully saturated rings. The summed E-state index contributed by atoms with van der Waals surface area (Å²) in [6.07, 6.45) is 0. The highest BCUT2D eigenvalue weighted by molar-refractivity contribution is 4.19. The average molecular weight is 120 g/mol. The molecule has 52 valence electrons. The first-order valence-corrected chi connectivity index (χ1v) is 2.47. The van der Waals surface area contributed by atoms with Gasteiger partial charge in [-0.1, -0.05) is 7.43 Å². The number of aliphatic hydroxyl groups excluding tert-OH is 1. The van der Waals surface area contributed by atoms with Gasteiger partial charge in [-0.2, -0.15) is 0 Å². The molecule has 0 saturated heterocycles. The van der Waals surface area contributed by atoms with E-state index in [1.807, 2.05) is 0 Å². The van der Waals surface area contributed by atoms with E-state index in [-0.39, 0.29) is 14.0 Å². The van der Waals surface area contributed by atoms with E-state index in [4.69, 9.17) is 5.11 Å². The zero-order chi connectivity index (χ0) is 5.91. The molecule has 0 aliphatic carbocycles. The van der Waals surface area contributed by atoms with E-state index >= 15 is 0 Å². The maximum atomic E-state index is 8.39. The lowest BCUT2D eigenvalue weighted by Crippen LogP contribution is -2.36. The van der Waals surface area contributed by atoms with Gasteiger partial charge in [0, 0.05) is 0 Å². The highest BCUT2D eigenvalue weighted by Gasteiger charge is 2.02. The summed E-state index contributed by atoms with van der Waals surface area (Å²) in [7, 11) is 6.16. The molecule has 0 unspecified atom stereocenters. The standard InChI is InChI=1S/C5H14NO.CH4/c1-6(2,3)4-5-7;/h7H,4-5H2,1-3H3;1H4/q+1;. The number of rotatable bonds is 2. The number of aliphatic hydroxyl groups is 1. The fourth-order valence-electron chi connectivity index (χ4n) is 0.300. The van der Waals surface area contributed by atoms with Gasteiger partial charge < -0.3 is 9.59 Å². The van der Waals surface area contributed by atoms with Crippen LogP contribution in [-0.2, 0) is 0 Å². The van der Waals surface area contributed by atoms with Gasteiger partial charge in [0.1, 0.15) is 6.54 Å². The Kier molecular flexibility index (Phi) is 5.23. The molecule has 0 aliphatic heterocycles. The molecule has 0 atom stereocenters. The number of quaternary nitrogens is 1. The fraction of sp³-hybridized carbons (Fsp3) is 1.00. The smallest absolute Gasteiger partial charge is 0.101 e. The van der Waals surface area contributed by atoms with Crippen molar-refractivity contribution < 1.29 is 9.59 Å². The minimum absolute atomic E-state index is 0. The molecule has 0 saturated carbocycles. The van der Waals surface area contributed by atoms with Crippen LogP contribution < -0.4 is 0 Å². The number of hydrogen-bond donors (Lipinski definition) is 1. The van der Waals surface area contributed by atoms with Crippen molar-refractivity contribution in [2.75, 3.05) is 34.3 Å². The lowest BCUT2D eigenvalue weighted by Gasteiger charge is -2.21. The summed E-state index contributed by atoms with van der Waals surface area (Å²) in [5, 5.41) is 8.39. The Balaban J connectivity index is 0. The van der Waals surface area contributed by atoms with E-state index in [2.05, 4.69) is 21.1 Å². The maximum absolute atomic E-state index is 8.39. The summed E-state index contributed by atoms with van der Waals surface area (Å²) >= 11 is 0. The van der Waals surface area contributed by atoms with E-state index < -0.39 is 0 Å². The van der Waals surface area contributed by atoms with Crippen molar-refractivity contribution in [1.29, 1.82) is 0 Å². The molecule has 0 amide bonds. The van der Waals surface area contributed by atoms with Gasteiger partial charge in [-0.3, -0.25) is 0 Å². The first kappa shape index (κ1) is 10.8. The Labute approximate surface area is 52.3 Å². The van der Waals surface area contributed by atoms with E-state index in [1.54, 1.807) is 0 Å². The van der Waals surface area contributed by atoms with Gasteiger partial charge in [0.15, 0.2) is 0 Å². The SMILES string of the molecule is C.C[N+](C)(C)CCO. The molecule has 0 aromatic rings. The highest BCUT2D eigenvalue weighted by Crippen LogP contribution is 1.84. The Morgan fingerprint density at radius 1 is 1.25 bits per heavy atom. The molecule has 0 heterocycles. The topological polar surface area (TPSA) is 20.2 Å². The first-order chi connectivity index (χ1) is 3.06. The summed E-state index contributed by atoms with van der Waals surface area (Å²) in [6.45, 7) is 1.11. The molecule has 2 heteroatoms. The molecule has 0 aliphatic rings. The maximum Gasteiger partial charge on any atom is 0.101 e. The molecule has 0 bridgehead atoms. The Hall–Kier alpha value is -0.0800. The normalized spacial score (nSPS) is 10.5. The van der Waals surface area contributed by atoms with Crippen LogP contribution >= 0.6 is 0 Å². The second-order valence-corrected chi connectivity index (χ2v) is 2.74. The van der Waals surface area contributed by atoms with Crippen molar-refractivity contribution in [1.82, 2.24) is 0 Å². The van der Waals surface area contributed by atoms with Crippen molar-refractivity contribution in [2.24, 2.45) is 0 Å². The Bertz CT molecular complexity index is 47.0. The third-order valence-electron chi connectivity index (χ3n) is 0.771. The molecule has 0 aromatic heterocycles. The summed E-state index contributed by atoms with van der Waals surface area (Å²) in [5.74, 6) is 0. The number of likely N-dealkylation sites (N-methyl/N-ethyl adjacent to an activating group) is 1. The van der Waals surface area contributed by atoms with Gasteiger partial charge >= 0.3 is 0 Å². The minimum Gasteiger partial charge on any atom is -0.391 e. The zero-order valence-electron chi connectivity index (χ0n) is 5.31. The molecule has 0 aromatic carbocycles. The lowest BCUT2D eigenvalue weighted by molar-refractivity contribution is -0.870. The largest absolute Gasteiger partial charge is 0.391 e. The van der Waals surface area contributed by atoms with E-state index in [9.17, 15) is 0 Å². The summed E-state index contributed by atoms with van der Waals surface area (Å²) in [5.41, 5.74) is 0. The molecular weight excluding hydrogens is 102 g/mol. The first-order valence-electron chi connectivity index (χ1n) is 2.47. The van der Waals surface area contributed by atoms with Gasteiger partial charge in [0.2, 0.25) is 0 Å². The molecule has 2 nitrogen and oxygen atoms in total. The predicted molar refractivity (Wildman–Crippen MR) is 36.7 cm³/mol. The van der Waals surface area contributed by atoms with E-state index in [0.29, 0.717) is 0 Å². The summed E-state index contributed by atoms with van der Waals surface area (Å²) in [4.78, 5) is 0. The van der Waals surface area contributed by atoms with Gasteiger partial charge in [-0.25, -0.2) is 0 Å². The molecule has 8 heavy (non-hydrogen) atoms. The van der Waals surface area contributed by atoms with E-state index in [0.717, 1.165) is 11.0 Å². The summed E-state index contributed by atoms with van der Waals surface area (Å²) < 4.78 is 0.844. The van der Waals surface area contributed by atoms with Crippen LogP contribution in [-0.4, -0.2) is 43.9 Å². The molecular formula is C6H18NO+. The second-order valence-electron chi connectivity index (χ2n) is 2.74. The lowest BCUT2D eigenvalue weighted by atomic mass is 10.5. The van der Waals surface area contributed by atoms with Gasteiger partial charge in [-0.15, -0.1) is 0 Å². The van der Waals surface area contributed by atoms with Crippen LogP contribution in [0, 0.1) is 0 Å². The van der Waals surface area contributed by atoms with Gasteiger partial charge in [0.25, 0.3) is 0 Å². The van der Waals surface area contributed by atoms with Crippen LogP contribution in [0.15, 0.2) is 0 Å². The quantitative estimate of drug-likeness (QED) is 0.520. The van der Waals surface area contributed by atoms with Crippen molar-refractivity contribution in [3.05, 3.63) is 0 Å². The van der Waals surface area contributed by atoms with Crippen LogP contribution in [0.1, 0.15) is 7.43 Å². The van der Waals surface area contributed by atoms with Crippen LogP contribution in [0.3, 0.4) is 0 Å². The average Bonchev–Trinajstić information content (AvgIpc) is 1.30. The van der Waals surface area contributed by atoms with Crippen molar-refractivity contribution >= 4 is 0 Å². The third-order valence-corrected chi connectivity index (χ3v) is 0.771. The molecule has 0 radical (unpaired) electrons. The fourth-order valence-corrected chi connectivity index (χ4v) is 0.300. The predicted octanol–water partition coefficient (Wildman–Crippen LogP) is 0.321. The molecule has 1 N–H and O–H groups in total. The van der Waals surface area contributed by atoms with E-state index in [1.165, 1.54) is 0 Å². The van der Waals surface area contributed by atoms with Crippen LogP contribution in [0.25, 0.3) is 0 Å². The van der Waals surface area contributed by atoms with Gasteiger partial charge in [0.05, 0.1) is 27.7 Å². The molecule has 0 spiro atoms. The van der Waals surface area contributed by atoms with Crippen LogP contribution in [0.4, 0.5) is 0 Å². The molecule has 0 rings (SSSR count). The number of hydrogen-bond acceptors (Lipinski definition) is 1. The zero-order valence-corrected chi connectivity index (χ0v) is 5.31. The monoisotopic (exact) mass is 120 g/mol. The number of nitrogens with zero attached hydrogens (tertiary/aromatic N) is 1. The van der Waals surface area contributed by atoms with Crippen molar-refractivity contribution in [3.63, 3.8) is 0 Å². The second kappa shape index (κ2) is 3.87. The Morgan fingerprint density at radius 3 is 1.62 bits per heavy atom. The Morgan fingerprint density at radius 2 is 1.62 bits per heavy atom. The van der Waals surface area contributed by atoms with Crippen LogP contribution in [0.2, 0.25) is 0 Å². The highest BCUT2D eigenvalue weighted by atomic mass is 16.3. The van der Waals surface area contributed by atoms with Gasteiger partial charge in [-0.05, 0) is 0 Å². The van der Waals surface area contributed by atoms with Crippen molar-refractivity contribution in [2.45, 2.75) is 7.43 Å².